The van der Waals surface area contributed by atoms with Crippen molar-refractivity contribution in [1.29, 1.82) is 0 Å². The van der Waals surface area contributed by atoms with Gasteiger partial charge >= 0.3 is 0 Å². The molecule has 0 bridgehead atoms. The summed E-state index contributed by atoms with van der Waals surface area (Å²) in [4.78, 5) is 11.7. The van der Waals surface area contributed by atoms with Crippen molar-refractivity contribution in [3.05, 3.63) is 11.8 Å². The lowest BCUT2D eigenvalue weighted by molar-refractivity contribution is -0.113. The van der Waals surface area contributed by atoms with Crippen LogP contribution in [-0.2, 0) is 4.79 Å². The second-order valence-electron chi connectivity index (χ2n) is 5.04. The lowest BCUT2D eigenvalue weighted by atomic mass is 10.1. The maximum absolute atomic E-state index is 11.7. The summed E-state index contributed by atoms with van der Waals surface area (Å²) < 4.78 is 5.08. The third-order valence-electron chi connectivity index (χ3n) is 3.13. The normalized spacial score (nSPS) is 16.4. The van der Waals surface area contributed by atoms with Crippen LogP contribution in [0.5, 0.6) is 0 Å². The maximum atomic E-state index is 11.7. The van der Waals surface area contributed by atoms with Crippen LogP contribution in [0, 0.1) is 0 Å². The zero-order chi connectivity index (χ0) is 13.0. The van der Waals surface area contributed by atoms with Crippen molar-refractivity contribution in [2.75, 3.05) is 11.1 Å². The highest BCUT2D eigenvalue weighted by Crippen LogP contribution is 2.29. The highest BCUT2D eigenvalue weighted by Gasteiger charge is 2.17. The van der Waals surface area contributed by atoms with Gasteiger partial charge in [0, 0.05) is 11.3 Å². The van der Waals surface area contributed by atoms with Crippen LogP contribution >= 0.6 is 11.8 Å². The van der Waals surface area contributed by atoms with E-state index in [0.29, 0.717) is 22.8 Å². The molecule has 0 aromatic carbocycles. The standard InChI is InChI=1S/C13H20N2O2S/c1-9(2)11-7-13(17-15-11)14-12(16)8-18-10-5-3-4-6-10/h7,9-10H,3-6,8H2,1-2H3,(H,14,16). The van der Waals surface area contributed by atoms with Gasteiger partial charge in [-0.15, -0.1) is 11.8 Å². The number of anilines is 1. The molecule has 0 unspecified atom stereocenters. The molecule has 1 N–H and O–H groups in total. The van der Waals surface area contributed by atoms with E-state index in [2.05, 4.69) is 10.5 Å². The summed E-state index contributed by atoms with van der Waals surface area (Å²) in [6, 6.07) is 1.79. The van der Waals surface area contributed by atoms with Gasteiger partial charge in [-0.25, -0.2) is 0 Å². The van der Waals surface area contributed by atoms with Crippen molar-refractivity contribution in [3.63, 3.8) is 0 Å². The molecule has 5 heteroatoms. The molecule has 1 saturated carbocycles. The first-order chi connectivity index (χ1) is 8.65. The summed E-state index contributed by atoms with van der Waals surface area (Å²) in [5, 5.41) is 7.33. The zero-order valence-corrected chi connectivity index (χ0v) is 11.8. The predicted molar refractivity (Wildman–Crippen MR) is 73.9 cm³/mol. The van der Waals surface area contributed by atoms with Crippen LogP contribution in [0.4, 0.5) is 5.88 Å². The van der Waals surface area contributed by atoms with Gasteiger partial charge in [0.05, 0.1) is 11.4 Å². The molecule has 1 heterocycles. The Hall–Kier alpha value is -0.970. The van der Waals surface area contributed by atoms with E-state index < -0.39 is 0 Å². The molecule has 0 spiro atoms. The van der Waals surface area contributed by atoms with Crippen LogP contribution in [0.3, 0.4) is 0 Å². The van der Waals surface area contributed by atoms with E-state index in [4.69, 9.17) is 4.52 Å². The molecule has 1 aromatic heterocycles. The molecular formula is C13H20N2O2S. The highest BCUT2D eigenvalue weighted by molar-refractivity contribution is 8.00. The second-order valence-corrected chi connectivity index (χ2v) is 6.33. The number of hydrogen-bond acceptors (Lipinski definition) is 4. The van der Waals surface area contributed by atoms with Gasteiger partial charge in [-0.2, -0.15) is 0 Å². The smallest absolute Gasteiger partial charge is 0.236 e. The van der Waals surface area contributed by atoms with Crippen LogP contribution in [0.25, 0.3) is 0 Å². The van der Waals surface area contributed by atoms with Crippen molar-refractivity contribution in [3.8, 4) is 0 Å². The van der Waals surface area contributed by atoms with E-state index in [9.17, 15) is 4.79 Å². The Labute approximate surface area is 112 Å². The first-order valence-electron chi connectivity index (χ1n) is 6.53. The van der Waals surface area contributed by atoms with Gasteiger partial charge in [0.25, 0.3) is 0 Å². The molecule has 1 fully saturated rings. The summed E-state index contributed by atoms with van der Waals surface area (Å²) in [6.45, 7) is 4.08. The van der Waals surface area contributed by atoms with E-state index in [0.717, 1.165) is 5.69 Å². The van der Waals surface area contributed by atoms with Gasteiger partial charge in [-0.3, -0.25) is 10.1 Å². The number of carbonyl (C=O) groups is 1. The van der Waals surface area contributed by atoms with Gasteiger partial charge in [-0.05, 0) is 18.8 Å². The number of nitrogens with zero attached hydrogens (tertiary/aromatic N) is 1. The third kappa shape index (κ3) is 3.77. The number of aromatic nitrogens is 1. The summed E-state index contributed by atoms with van der Waals surface area (Å²) in [5.41, 5.74) is 0.869. The van der Waals surface area contributed by atoms with E-state index in [1.165, 1.54) is 25.7 Å². The minimum atomic E-state index is -0.00152. The Morgan fingerprint density at radius 3 is 2.89 bits per heavy atom. The molecule has 1 amide bonds. The molecule has 2 rings (SSSR count). The zero-order valence-electron chi connectivity index (χ0n) is 10.9. The Kier molecular flexibility index (Phi) is 4.69. The van der Waals surface area contributed by atoms with Crippen LogP contribution in [-0.4, -0.2) is 22.1 Å². The highest BCUT2D eigenvalue weighted by atomic mass is 32.2. The molecule has 0 aliphatic heterocycles. The van der Waals surface area contributed by atoms with Crippen LogP contribution < -0.4 is 5.32 Å². The van der Waals surface area contributed by atoms with Gasteiger partial charge in [0.1, 0.15) is 0 Å². The topological polar surface area (TPSA) is 55.1 Å². The average molecular weight is 268 g/mol. The average Bonchev–Trinajstić information content (AvgIpc) is 2.96. The summed E-state index contributed by atoms with van der Waals surface area (Å²) in [6.07, 6.45) is 5.10. The summed E-state index contributed by atoms with van der Waals surface area (Å²) in [7, 11) is 0. The first kappa shape index (κ1) is 13.5. The Bertz CT molecular complexity index is 397. The van der Waals surface area contributed by atoms with Gasteiger partial charge in [0.15, 0.2) is 0 Å². The predicted octanol–water partition coefficient (Wildman–Crippen LogP) is 3.41. The number of thioether (sulfide) groups is 1. The van der Waals surface area contributed by atoms with Crippen molar-refractivity contribution >= 4 is 23.6 Å². The Morgan fingerprint density at radius 2 is 2.28 bits per heavy atom. The minimum absolute atomic E-state index is 0.00152. The van der Waals surface area contributed by atoms with Gasteiger partial charge in [0.2, 0.25) is 11.8 Å². The lowest BCUT2D eigenvalue weighted by Gasteiger charge is -2.07. The fourth-order valence-electron chi connectivity index (χ4n) is 2.04. The number of amides is 1. The number of hydrogen-bond donors (Lipinski definition) is 1. The third-order valence-corrected chi connectivity index (χ3v) is 4.51. The van der Waals surface area contributed by atoms with Crippen LogP contribution in [0.2, 0.25) is 0 Å². The molecule has 0 saturated heterocycles. The second kappa shape index (κ2) is 6.27. The SMILES string of the molecule is CC(C)c1cc(NC(=O)CSC2CCCC2)on1. The molecule has 1 aromatic rings. The fraction of sp³-hybridized carbons (Fsp3) is 0.692. The molecule has 100 valence electrons. The van der Waals surface area contributed by atoms with Crippen LogP contribution in [0.1, 0.15) is 51.1 Å². The maximum Gasteiger partial charge on any atom is 0.236 e. The summed E-state index contributed by atoms with van der Waals surface area (Å²) in [5.74, 6) is 1.27. The lowest BCUT2D eigenvalue weighted by Crippen LogP contribution is -2.15. The number of nitrogens with one attached hydrogen (secondary N) is 1. The molecule has 1 aliphatic rings. The van der Waals surface area contributed by atoms with Crippen molar-refractivity contribution in [2.45, 2.75) is 50.7 Å². The van der Waals surface area contributed by atoms with E-state index in [1.54, 1.807) is 17.8 Å². The number of carbonyl (C=O) groups excluding carboxylic acids is 1. The van der Waals surface area contributed by atoms with E-state index in [1.807, 2.05) is 13.8 Å². The molecular weight excluding hydrogens is 248 g/mol. The van der Waals surface area contributed by atoms with Crippen molar-refractivity contribution in [1.82, 2.24) is 5.16 Å². The monoisotopic (exact) mass is 268 g/mol. The van der Waals surface area contributed by atoms with E-state index in [-0.39, 0.29) is 5.91 Å². The molecule has 0 radical (unpaired) electrons. The van der Waals surface area contributed by atoms with Crippen molar-refractivity contribution in [2.24, 2.45) is 0 Å². The van der Waals surface area contributed by atoms with Crippen molar-refractivity contribution < 1.29 is 9.32 Å². The molecule has 4 nitrogen and oxygen atoms in total. The van der Waals surface area contributed by atoms with Crippen LogP contribution in [0.15, 0.2) is 10.6 Å². The van der Waals surface area contributed by atoms with Gasteiger partial charge in [-0.1, -0.05) is 31.8 Å². The minimum Gasteiger partial charge on any atom is -0.338 e. The molecule has 1 aliphatic carbocycles. The largest absolute Gasteiger partial charge is 0.338 e. The number of rotatable bonds is 5. The Balaban J connectivity index is 1.75. The Morgan fingerprint density at radius 1 is 1.56 bits per heavy atom. The van der Waals surface area contributed by atoms with Gasteiger partial charge < -0.3 is 4.52 Å². The first-order valence-corrected chi connectivity index (χ1v) is 7.58. The molecule has 0 atom stereocenters. The fourth-order valence-corrected chi connectivity index (χ4v) is 3.17. The summed E-state index contributed by atoms with van der Waals surface area (Å²) >= 11 is 1.75. The quantitative estimate of drug-likeness (QED) is 0.889. The van der Waals surface area contributed by atoms with E-state index >= 15 is 0 Å². The molecule has 18 heavy (non-hydrogen) atoms.